The lowest BCUT2D eigenvalue weighted by Gasteiger charge is -2.22. The third-order valence-corrected chi connectivity index (χ3v) is 1.17. The van der Waals surface area contributed by atoms with E-state index in [1.807, 2.05) is 0 Å². The molecule has 0 fully saturated rings. The summed E-state index contributed by atoms with van der Waals surface area (Å²) in [6.45, 7) is 0. The second-order valence-electron chi connectivity index (χ2n) is 1.97. The number of carbonyl (C=O) groups excluding carboxylic acids is 1. The molecule has 0 saturated carbocycles. The van der Waals surface area contributed by atoms with Crippen molar-refractivity contribution in [2.24, 2.45) is 16.5 Å². The summed E-state index contributed by atoms with van der Waals surface area (Å²) >= 11 is 0. The molecule has 5 N–H and O–H groups in total. The summed E-state index contributed by atoms with van der Waals surface area (Å²) in [5, 5.41) is 2.57. The van der Waals surface area contributed by atoms with Gasteiger partial charge in [-0.15, -0.1) is 0 Å². The normalized spacial score (nSPS) is 29.7. The molecular weight excluding hydrogens is 132 g/mol. The first-order valence-electron chi connectivity index (χ1n) is 2.71. The Bertz CT molecular complexity index is 210. The molecule has 0 spiro atoms. The van der Waals surface area contributed by atoms with E-state index in [0.717, 1.165) is 0 Å². The minimum absolute atomic E-state index is 0.652. The Labute approximate surface area is 57.8 Å². The molecule has 1 rings (SSSR count). The Morgan fingerprint density at radius 2 is 2.40 bits per heavy atom. The van der Waals surface area contributed by atoms with Crippen LogP contribution in [0.4, 0.5) is 0 Å². The number of amides is 1. The van der Waals surface area contributed by atoms with Gasteiger partial charge in [0.05, 0.1) is 6.21 Å². The molecule has 10 heavy (non-hydrogen) atoms. The molecule has 1 amide bonds. The van der Waals surface area contributed by atoms with Crippen molar-refractivity contribution in [1.82, 2.24) is 5.32 Å². The van der Waals surface area contributed by atoms with Crippen LogP contribution in [0.15, 0.2) is 17.4 Å². The number of hydrogen-bond donors (Lipinski definition) is 3. The molecular formula is C5H8N4O. The standard InChI is InChI=1S/C5H8N4O/c6-4(10)5(7)3-8-1-2-9-5/h1-3,9H,7H2,(H2,6,10). The fourth-order valence-electron chi connectivity index (χ4n) is 0.551. The molecule has 54 valence electrons. The van der Waals surface area contributed by atoms with E-state index < -0.39 is 11.6 Å². The second-order valence-corrected chi connectivity index (χ2v) is 1.97. The van der Waals surface area contributed by atoms with Gasteiger partial charge in [0.2, 0.25) is 5.66 Å². The van der Waals surface area contributed by atoms with Gasteiger partial charge in [0.15, 0.2) is 0 Å². The van der Waals surface area contributed by atoms with Gasteiger partial charge in [-0.3, -0.25) is 15.5 Å². The van der Waals surface area contributed by atoms with E-state index >= 15 is 0 Å². The number of nitrogens with one attached hydrogen (secondary N) is 1. The molecule has 1 unspecified atom stereocenters. The summed E-state index contributed by atoms with van der Waals surface area (Å²) in [6, 6.07) is 0. The molecule has 1 atom stereocenters. The summed E-state index contributed by atoms with van der Waals surface area (Å²) in [5.41, 5.74) is 9.05. The molecule has 0 bridgehead atoms. The lowest BCUT2D eigenvalue weighted by atomic mass is 10.2. The van der Waals surface area contributed by atoms with Crippen LogP contribution in [0.25, 0.3) is 0 Å². The van der Waals surface area contributed by atoms with Crippen LogP contribution in [0.1, 0.15) is 0 Å². The molecule has 5 heteroatoms. The molecule has 5 nitrogen and oxygen atoms in total. The van der Waals surface area contributed by atoms with E-state index in [2.05, 4.69) is 10.3 Å². The maximum atomic E-state index is 10.6. The number of nitrogens with two attached hydrogens (primary N) is 2. The van der Waals surface area contributed by atoms with Gasteiger partial charge in [-0.25, -0.2) is 0 Å². The van der Waals surface area contributed by atoms with Gasteiger partial charge in [-0.05, 0) is 0 Å². The molecule has 0 saturated heterocycles. The predicted molar refractivity (Wildman–Crippen MR) is 36.9 cm³/mol. The molecule has 1 aliphatic rings. The smallest absolute Gasteiger partial charge is 0.263 e. The van der Waals surface area contributed by atoms with E-state index in [0.29, 0.717) is 0 Å². The summed E-state index contributed by atoms with van der Waals surface area (Å²) in [4.78, 5) is 14.2. The van der Waals surface area contributed by atoms with Gasteiger partial charge in [-0.1, -0.05) is 0 Å². The number of primary amides is 1. The van der Waals surface area contributed by atoms with E-state index in [-0.39, 0.29) is 0 Å². The Hall–Kier alpha value is -1.36. The zero-order chi connectivity index (χ0) is 7.61. The van der Waals surface area contributed by atoms with Crippen LogP contribution < -0.4 is 16.8 Å². The van der Waals surface area contributed by atoms with E-state index in [4.69, 9.17) is 11.5 Å². The van der Waals surface area contributed by atoms with E-state index in [1.165, 1.54) is 18.6 Å². The van der Waals surface area contributed by atoms with E-state index in [1.54, 1.807) is 0 Å². The largest absolute Gasteiger partial charge is 0.366 e. The fraction of sp³-hybridized carbons (Fsp3) is 0.200. The molecule has 1 heterocycles. The van der Waals surface area contributed by atoms with Crippen molar-refractivity contribution in [2.75, 3.05) is 0 Å². The van der Waals surface area contributed by atoms with Crippen LogP contribution >= 0.6 is 0 Å². The summed E-state index contributed by atoms with van der Waals surface area (Å²) in [6.07, 6.45) is 4.20. The number of carbonyl (C=O) groups is 1. The Morgan fingerprint density at radius 3 is 2.70 bits per heavy atom. The highest BCUT2D eigenvalue weighted by Crippen LogP contribution is 1.95. The lowest BCUT2D eigenvalue weighted by molar-refractivity contribution is -0.121. The predicted octanol–water partition coefficient (Wildman–Crippen LogP) is -1.73. The monoisotopic (exact) mass is 140 g/mol. The summed E-state index contributed by atoms with van der Waals surface area (Å²) < 4.78 is 0. The van der Waals surface area contributed by atoms with Crippen LogP contribution in [0.2, 0.25) is 0 Å². The average molecular weight is 140 g/mol. The van der Waals surface area contributed by atoms with Crippen molar-refractivity contribution in [3.63, 3.8) is 0 Å². The minimum Gasteiger partial charge on any atom is -0.366 e. The van der Waals surface area contributed by atoms with Gasteiger partial charge in [0.1, 0.15) is 0 Å². The molecule has 0 aromatic heterocycles. The van der Waals surface area contributed by atoms with Gasteiger partial charge >= 0.3 is 0 Å². The number of rotatable bonds is 1. The van der Waals surface area contributed by atoms with Gasteiger partial charge in [0.25, 0.3) is 5.91 Å². The first-order valence-corrected chi connectivity index (χ1v) is 2.71. The Morgan fingerprint density at radius 1 is 1.70 bits per heavy atom. The zero-order valence-corrected chi connectivity index (χ0v) is 5.24. The third-order valence-electron chi connectivity index (χ3n) is 1.17. The Kier molecular flexibility index (Phi) is 1.42. The van der Waals surface area contributed by atoms with Crippen molar-refractivity contribution in [2.45, 2.75) is 5.66 Å². The van der Waals surface area contributed by atoms with Gasteiger partial charge in [-0.2, -0.15) is 0 Å². The fourth-order valence-corrected chi connectivity index (χ4v) is 0.551. The summed E-state index contributed by atoms with van der Waals surface area (Å²) in [5.74, 6) is -0.652. The van der Waals surface area contributed by atoms with Gasteiger partial charge < -0.3 is 11.1 Å². The topological polar surface area (TPSA) is 93.5 Å². The minimum atomic E-state index is -1.31. The number of aliphatic imine (C=N–C) groups is 1. The average Bonchev–Trinajstić information content (AvgIpc) is 1.89. The van der Waals surface area contributed by atoms with Crippen LogP contribution in [0.5, 0.6) is 0 Å². The van der Waals surface area contributed by atoms with Crippen molar-refractivity contribution in [3.8, 4) is 0 Å². The van der Waals surface area contributed by atoms with E-state index in [9.17, 15) is 4.79 Å². The highest BCUT2D eigenvalue weighted by molar-refractivity contribution is 6.02. The highest BCUT2D eigenvalue weighted by atomic mass is 16.2. The molecule has 0 aromatic carbocycles. The van der Waals surface area contributed by atoms with Crippen LogP contribution in [0.3, 0.4) is 0 Å². The highest BCUT2D eigenvalue weighted by Gasteiger charge is 2.29. The van der Waals surface area contributed by atoms with Crippen molar-refractivity contribution < 1.29 is 4.79 Å². The Balaban J connectivity index is 2.80. The lowest BCUT2D eigenvalue weighted by Crippen LogP contribution is -2.62. The SMILES string of the molecule is NC(=O)C1(N)C=NC=CN1. The second kappa shape index (κ2) is 2.11. The molecule has 1 aliphatic heterocycles. The first-order chi connectivity index (χ1) is 4.65. The van der Waals surface area contributed by atoms with Crippen molar-refractivity contribution in [1.29, 1.82) is 0 Å². The molecule has 0 aromatic rings. The maximum absolute atomic E-state index is 10.6. The molecule has 0 aliphatic carbocycles. The molecule has 0 radical (unpaired) electrons. The maximum Gasteiger partial charge on any atom is 0.263 e. The van der Waals surface area contributed by atoms with Crippen LogP contribution in [-0.2, 0) is 4.79 Å². The van der Waals surface area contributed by atoms with Crippen LogP contribution in [-0.4, -0.2) is 17.8 Å². The van der Waals surface area contributed by atoms with Crippen molar-refractivity contribution in [3.05, 3.63) is 12.4 Å². The quantitative estimate of drug-likeness (QED) is 0.404. The van der Waals surface area contributed by atoms with Crippen molar-refractivity contribution >= 4 is 12.1 Å². The third kappa shape index (κ3) is 0.985. The van der Waals surface area contributed by atoms with Gasteiger partial charge in [0, 0.05) is 12.4 Å². The van der Waals surface area contributed by atoms with Crippen LogP contribution in [0, 0.1) is 0 Å². The number of nitrogens with zero attached hydrogens (tertiary/aromatic N) is 1. The number of hydrogen-bond acceptors (Lipinski definition) is 4. The summed E-state index contributed by atoms with van der Waals surface area (Å²) in [7, 11) is 0. The first kappa shape index (κ1) is 6.76. The zero-order valence-electron chi connectivity index (χ0n) is 5.24.